The van der Waals surface area contributed by atoms with E-state index in [4.69, 9.17) is 20.9 Å². The maximum Gasteiger partial charge on any atom is 0.257 e. The zero-order chi connectivity index (χ0) is 15.1. The van der Waals surface area contributed by atoms with Gasteiger partial charge in [0.2, 0.25) is 5.82 Å². The molecular weight excluding hydrogens is 322 g/mol. The van der Waals surface area contributed by atoms with E-state index in [9.17, 15) is 0 Å². The first kappa shape index (κ1) is 14.1. The highest BCUT2D eigenvalue weighted by atomic mass is 35.5. The lowest BCUT2D eigenvalue weighted by molar-refractivity contribution is -0.0366. The predicted octanol–water partition coefficient (Wildman–Crippen LogP) is 3.61. The maximum atomic E-state index is 6.46. The van der Waals surface area contributed by atoms with Gasteiger partial charge in [0.25, 0.3) is 5.89 Å². The lowest BCUT2D eigenvalue weighted by Crippen LogP contribution is -2.35. The molecule has 0 saturated carbocycles. The van der Waals surface area contributed by atoms with Gasteiger partial charge in [0, 0.05) is 23.2 Å². The maximum absolute atomic E-state index is 6.46. The van der Waals surface area contributed by atoms with E-state index in [1.807, 2.05) is 24.3 Å². The zero-order valence-corrected chi connectivity index (χ0v) is 13.5. The van der Waals surface area contributed by atoms with Crippen molar-refractivity contribution in [1.29, 1.82) is 0 Å². The summed E-state index contributed by atoms with van der Waals surface area (Å²) >= 11 is 8.03. The van der Waals surface area contributed by atoms with Crippen LogP contribution in [0.3, 0.4) is 0 Å². The molecule has 114 valence electrons. The van der Waals surface area contributed by atoms with Crippen molar-refractivity contribution in [2.75, 3.05) is 26.7 Å². The Hall–Kier alpha value is -1.47. The Morgan fingerprint density at radius 3 is 3.05 bits per heavy atom. The van der Waals surface area contributed by atoms with Crippen LogP contribution in [0.15, 0.2) is 28.8 Å². The van der Waals surface area contributed by atoms with Gasteiger partial charge in [0.15, 0.2) is 0 Å². The van der Waals surface area contributed by atoms with Crippen LogP contribution in [0.4, 0.5) is 0 Å². The van der Waals surface area contributed by atoms with Gasteiger partial charge in [-0.1, -0.05) is 35.0 Å². The lowest BCUT2D eigenvalue weighted by atomic mass is 10.2. The number of likely N-dealkylation sites (N-methyl/N-ethyl adjacent to an activating group) is 1. The van der Waals surface area contributed by atoms with Crippen molar-refractivity contribution < 1.29 is 9.26 Å². The smallest absolute Gasteiger partial charge is 0.257 e. The molecule has 0 N–H and O–H groups in total. The van der Waals surface area contributed by atoms with E-state index in [0.29, 0.717) is 23.3 Å². The molecule has 2 aromatic heterocycles. The summed E-state index contributed by atoms with van der Waals surface area (Å²) in [6.45, 7) is 2.34. The SMILES string of the molecule is CN1CCO[C@H](c2nc(-c3sc4ccccc4c3Cl)no2)C1. The fourth-order valence-electron chi connectivity index (χ4n) is 2.54. The van der Waals surface area contributed by atoms with Crippen molar-refractivity contribution in [3.8, 4) is 10.7 Å². The minimum Gasteiger partial charge on any atom is -0.366 e. The number of nitrogens with zero attached hydrogens (tertiary/aromatic N) is 3. The number of rotatable bonds is 2. The largest absolute Gasteiger partial charge is 0.366 e. The van der Waals surface area contributed by atoms with Crippen molar-refractivity contribution in [2.24, 2.45) is 0 Å². The number of fused-ring (bicyclic) bond motifs is 1. The van der Waals surface area contributed by atoms with Gasteiger partial charge < -0.3 is 14.2 Å². The summed E-state index contributed by atoms with van der Waals surface area (Å²) in [5.41, 5.74) is 0. The molecule has 1 saturated heterocycles. The van der Waals surface area contributed by atoms with E-state index in [-0.39, 0.29) is 6.10 Å². The van der Waals surface area contributed by atoms with Gasteiger partial charge in [0.05, 0.1) is 16.5 Å². The van der Waals surface area contributed by atoms with Crippen molar-refractivity contribution >= 4 is 33.0 Å². The van der Waals surface area contributed by atoms with E-state index >= 15 is 0 Å². The number of aromatic nitrogens is 2. The molecular formula is C15H14ClN3O2S. The molecule has 3 heterocycles. The Bertz CT molecular complexity index is 816. The molecule has 0 aliphatic carbocycles. The molecule has 4 rings (SSSR count). The Morgan fingerprint density at radius 2 is 2.23 bits per heavy atom. The van der Waals surface area contributed by atoms with Crippen molar-refractivity contribution in [3.63, 3.8) is 0 Å². The van der Waals surface area contributed by atoms with Crippen LogP contribution in [0.5, 0.6) is 0 Å². The fraction of sp³-hybridized carbons (Fsp3) is 0.333. The van der Waals surface area contributed by atoms with Crippen LogP contribution in [0.2, 0.25) is 5.02 Å². The molecule has 0 radical (unpaired) electrons. The van der Waals surface area contributed by atoms with Crippen LogP contribution in [-0.4, -0.2) is 41.8 Å². The molecule has 1 aromatic carbocycles. The standard InChI is InChI=1S/C15H14ClN3O2S/c1-19-6-7-20-10(8-19)15-17-14(18-21-15)13-12(16)9-4-2-3-5-11(9)22-13/h2-5,10H,6-8H2,1H3/t10-/m0/s1. The third-order valence-electron chi connectivity index (χ3n) is 3.72. The molecule has 1 aliphatic heterocycles. The monoisotopic (exact) mass is 335 g/mol. The number of benzene rings is 1. The second kappa shape index (κ2) is 5.62. The van der Waals surface area contributed by atoms with Crippen LogP contribution in [0, 0.1) is 0 Å². The number of hydrogen-bond donors (Lipinski definition) is 0. The normalized spacial score (nSPS) is 19.8. The molecule has 0 bridgehead atoms. The fourth-order valence-corrected chi connectivity index (χ4v) is 3.98. The van der Waals surface area contributed by atoms with Gasteiger partial charge >= 0.3 is 0 Å². The van der Waals surface area contributed by atoms with Crippen LogP contribution in [-0.2, 0) is 4.74 Å². The molecule has 0 unspecified atom stereocenters. The number of morpholine rings is 1. The van der Waals surface area contributed by atoms with E-state index in [1.165, 1.54) is 0 Å². The minimum atomic E-state index is -0.173. The van der Waals surface area contributed by atoms with Gasteiger partial charge in [-0.25, -0.2) is 0 Å². The summed E-state index contributed by atoms with van der Waals surface area (Å²) < 4.78 is 12.2. The molecule has 1 fully saturated rings. The summed E-state index contributed by atoms with van der Waals surface area (Å²) in [6.07, 6.45) is -0.173. The van der Waals surface area contributed by atoms with Gasteiger partial charge in [0.1, 0.15) is 6.10 Å². The highest BCUT2D eigenvalue weighted by Crippen LogP contribution is 2.41. The molecule has 1 aliphatic rings. The van der Waals surface area contributed by atoms with Crippen LogP contribution in [0.25, 0.3) is 20.8 Å². The average molecular weight is 336 g/mol. The van der Waals surface area contributed by atoms with Crippen molar-refractivity contribution in [2.45, 2.75) is 6.10 Å². The van der Waals surface area contributed by atoms with E-state index < -0.39 is 0 Å². The molecule has 1 atom stereocenters. The van der Waals surface area contributed by atoms with Crippen LogP contribution < -0.4 is 0 Å². The third kappa shape index (κ3) is 2.42. The summed E-state index contributed by atoms with van der Waals surface area (Å²) in [6, 6.07) is 8.00. The number of thiophene rings is 1. The Balaban J connectivity index is 1.69. The summed E-state index contributed by atoms with van der Waals surface area (Å²) in [4.78, 5) is 7.51. The topological polar surface area (TPSA) is 51.4 Å². The van der Waals surface area contributed by atoms with Crippen LogP contribution >= 0.6 is 22.9 Å². The van der Waals surface area contributed by atoms with E-state index in [1.54, 1.807) is 11.3 Å². The molecule has 5 nitrogen and oxygen atoms in total. The van der Waals surface area contributed by atoms with Gasteiger partial charge in [-0.2, -0.15) is 4.98 Å². The van der Waals surface area contributed by atoms with Gasteiger partial charge in [-0.05, 0) is 13.1 Å². The second-order valence-corrected chi connectivity index (χ2v) is 6.75. The molecule has 3 aromatic rings. The van der Waals surface area contributed by atoms with Crippen molar-refractivity contribution in [1.82, 2.24) is 15.0 Å². The Morgan fingerprint density at radius 1 is 1.36 bits per heavy atom. The average Bonchev–Trinajstić information content (AvgIpc) is 3.13. The lowest BCUT2D eigenvalue weighted by Gasteiger charge is -2.27. The number of ether oxygens (including phenoxy) is 1. The first-order chi connectivity index (χ1) is 10.7. The molecule has 22 heavy (non-hydrogen) atoms. The van der Waals surface area contributed by atoms with Crippen LogP contribution in [0.1, 0.15) is 12.0 Å². The highest BCUT2D eigenvalue weighted by Gasteiger charge is 2.26. The van der Waals surface area contributed by atoms with Crippen molar-refractivity contribution in [3.05, 3.63) is 35.2 Å². The molecule has 7 heteroatoms. The van der Waals surface area contributed by atoms with E-state index in [2.05, 4.69) is 22.1 Å². The highest BCUT2D eigenvalue weighted by molar-refractivity contribution is 7.23. The van der Waals surface area contributed by atoms with Gasteiger partial charge in [-0.15, -0.1) is 11.3 Å². The quantitative estimate of drug-likeness (QED) is 0.716. The Labute approximate surface area is 136 Å². The third-order valence-corrected chi connectivity index (χ3v) is 5.40. The Kier molecular flexibility index (Phi) is 3.62. The predicted molar refractivity (Wildman–Crippen MR) is 86.3 cm³/mol. The number of halogens is 1. The summed E-state index contributed by atoms with van der Waals surface area (Å²) in [5.74, 6) is 1.04. The zero-order valence-electron chi connectivity index (χ0n) is 12.0. The second-order valence-electron chi connectivity index (χ2n) is 5.32. The first-order valence-corrected chi connectivity index (χ1v) is 8.23. The number of hydrogen-bond acceptors (Lipinski definition) is 6. The van der Waals surface area contributed by atoms with Gasteiger partial charge in [-0.3, -0.25) is 0 Å². The minimum absolute atomic E-state index is 0.173. The molecule has 0 amide bonds. The summed E-state index contributed by atoms with van der Waals surface area (Å²) in [7, 11) is 2.05. The summed E-state index contributed by atoms with van der Waals surface area (Å²) in [5, 5.41) is 5.78. The first-order valence-electron chi connectivity index (χ1n) is 7.03. The van der Waals surface area contributed by atoms with E-state index in [0.717, 1.165) is 28.1 Å². The molecule has 0 spiro atoms.